The van der Waals surface area contributed by atoms with E-state index in [-0.39, 0.29) is 11.1 Å². The third-order valence-corrected chi connectivity index (χ3v) is 3.85. The van der Waals surface area contributed by atoms with E-state index in [0.29, 0.717) is 30.4 Å². The van der Waals surface area contributed by atoms with Crippen molar-refractivity contribution in [2.75, 3.05) is 31.9 Å². The highest BCUT2D eigenvalue weighted by Gasteiger charge is 2.27. The minimum atomic E-state index is -0.0904. The van der Waals surface area contributed by atoms with Gasteiger partial charge in [0.1, 0.15) is 5.15 Å². The largest absolute Gasteiger partial charge is 0.397 e. The molecule has 1 atom stereocenters. The molecule has 2 heterocycles. The molecule has 1 amide bonds. The zero-order valence-corrected chi connectivity index (χ0v) is 12.0. The van der Waals surface area contributed by atoms with Gasteiger partial charge >= 0.3 is 0 Å². The van der Waals surface area contributed by atoms with E-state index in [1.807, 2.05) is 4.90 Å². The summed E-state index contributed by atoms with van der Waals surface area (Å²) in [4.78, 5) is 20.5. The van der Waals surface area contributed by atoms with Crippen LogP contribution in [0.5, 0.6) is 0 Å². The zero-order valence-electron chi connectivity index (χ0n) is 11.3. The molecule has 1 aromatic heterocycles. The molecular formula is C13H19ClN4O. The van der Waals surface area contributed by atoms with Crippen LogP contribution in [0.1, 0.15) is 24.2 Å². The number of nitrogens with zero attached hydrogens (tertiary/aromatic N) is 3. The van der Waals surface area contributed by atoms with E-state index in [2.05, 4.69) is 23.7 Å². The zero-order chi connectivity index (χ0) is 14.0. The highest BCUT2D eigenvalue weighted by Crippen LogP contribution is 2.19. The van der Waals surface area contributed by atoms with Crippen molar-refractivity contribution in [2.45, 2.75) is 19.9 Å². The molecule has 19 heavy (non-hydrogen) atoms. The summed E-state index contributed by atoms with van der Waals surface area (Å²) < 4.78 is 0. The molecule has 0 bridgehead atoms. The third-order valence-electron chi connectivity index (χ3n) is 3.55. The first-order chi connectivity index (χ1) is 9.02. The Morgan fingerprint density at radius 1 is 1.58 bits per heavy atom. The molecule has 2 N–H and O–H groups in total. The van der Waals surface area contributed by atoms with Gasteiger partial charge < -0.3 is 10.6 Å². The van der Waals surface area contributed by atoms with Crippen LogP contribution >= 0.6 is 11.6 Å². The smallest absolute Gasteiger partial charge is 0.257 e. The van der Waals surface area contributed by atoms with Gasteiger partial charge in [-0.05, 0) is 19.5 Å². The summed E-state index contributed by atoms with van der Waals surface area (Å²) in [6, 6.07) is 1.95. The number of nitrogen functional groups attached to an aromatic ring is 1. The number of likely N-dealkylation sites (N-methyl/N-ethyl adjacent to an activating group) is 1. The number of amides is 1. The van der Waals surface area contributed by atoms with E-state index >= 15 is 0 Å². The Balaban J connectivity index is 2.14. The first-order valence-corrected chi connectivity index (χ1v) is 6.85. The van der Waals surface area contributed by atoms with Gasteiger partial charge in [-0.25, -0.2) is 4.98 Å². The number of anilines is 1. The topological polar surface area (TPSA) is 62.5 Å². The van der Waals surface area contributed by atoms with Crippen molar-refractivity contribution >= 4 is 23.2 Å². The Labute approximate surface area is 118 Å². The number of halogens is 1. The molecule has 104 valence electrons. The first-order valence-electron chi connectivity index (χ1n) is 6.47. The predicted octanol–water partition coefficient (Wildman–Crippen LogP) is 1.48. The maximum absolute atomic E-state index is 12.4. The Kier molecular flexibility index (Phi) is 4.27. The number of carbonyl (C=O) groups is 1. The van der Waals surface area contributed by atoms with Gasteiger partial charge in [0.25, 0.3) is 5.91 Å². The Hall–Kier alpha value is -1.33. The molecule has 1 aliphatic heterocycles. The normalized spacial score (nSPS) is 20.6. The molecule has 5 nitrogen and oxygen atoms in total. The van der Waals surface area contributed by atoms with Crippen molar-refractivity contribution in [3.8, 4) is 0 Å². The number of rotatable bonds is 2. The van der Waals surface area contributed by atoms with Crippen LogP contribution in [0.4, 0.5) is 5.69 Å². The van der Waals surface area contributed by atoms with Crippen molar-refractivity contribution in [3.63, 3.8) is 0 Å². The van der Waals surface area contributed by atoms with Gasteiger partial charge in [-0.3, -0.25) is 9.69 Å². The molecule has 0 aromatic carbocycles. The fourth-order valence-electron chi connectivity index (χ4n) is 2.43. The van der Waals surface area contributed by atoms with Gasteiger partial charge in [-0.2, -0.15) is 0 Å². The number of carbonyl (C=O) groups excluding carboxylic acids is 1. The Bertz CT molecular complexity index is 480. The van der Waals surface area contributed by atoms with E-state index in [0.717, 1.165) is 13.1 Å². The standard InChI is InChI=1S/C13H19ClN4O/c1-3-17-4-5-18(8-9(17)2)13(19)11-6-10(15)7-16-12(11)14/h6-7,9H,3-5,8,15H2,1-2H3. The number of piperazine rings is 1. The molecule has 0 saturated carbocycles. The lowest BCUT2D eigenvalue weighted by Gasteiger charge is -2.39. The minimum absolute atomic E-state index is 0.0904. The number of pyridine rings is 1. The maximum atomic E-state index is 12.4. The van der Waals surface area contributed by atoms with Gasteiger partial charge in [0.15, 0.2) is 0 Å². The molecule has 1 saturated heterocycles. The molecule has 1 unspecified atom stereocenters. The van der Waals surface area contributed by atoms with Crippen LogP contribution in [0.25, 0.3) is 0 Å². The second-order valence-electron chi connectivity index (χ2n) is 4.84. The highest BCUT2D eigenvalue weighted by molar-refractivity contribution is 6.32. The van der Waals surface area contributed by atoms with Crippen molar-refractivity contribution in [2.24, 2.45) is 0 Å². The molecule has 1 fully saturated rings. The average molecular weight is 283 g/mol. The third kappa shape index (κ3) is 2.98. The maximum Gasteiger partial charge on any atom is 0.257 e. The fraction of sp³-hybridized carbons (Fsp3) is 0.538. The lowest BCUT2D eigenvalue weighted by atomic mass is 10.1. The Morgan fingerprint density at radius 2 is 2.32 bits per heavy atom. The minimum Gasteiger partial charge on any atom is -0.397 e. The summed E-state index contributed by atoms with van der Waals surface area (Å²) in [7, 11) is 0. The van der Waals surface area contributed by atoms with Crippen LogP contribution in [0.15, 0.2) is 12.3 Å². The molecular weight excluding hydrogens is 264 g/mol. The SMILES string of the molecule is CCN1CCN(C(=O)c2cc(N)cnc2Cl)CC1C. The molecule has 0 aliphatic carbocycles. The van der Waals surface area contributed by atoms with Crippen LogP contribution in [-0.2, 0) is 0 Å². The second kappa shape index (κ2) is 5.75. The number of aromatic nitrogens is 1. The van der Waals surface area contributed by atoms with E-state index in [1.54, 1.807) is 6.07 Å². The van der Waals surface area contributed by atoms with E-state index in [1.165, 1.54) is 6.20 Å². The van der Waals surface area contributed by atoms with Crippen molar-refractivity contribution in [1.82, 2.24) is 14.8 Å². The summed E-state index contributed by atoms with van der Waals surface area (Å²) in [6.07, 6.45) is 1.46. The predicted molar refractivity (Wildman–Crippen MR) is 76.3 cm³/mol. The Morgan fingerprint density at radius 3 is 2.95 bits per heavy atom. The quantitative estimate of drug-likeness (QED) is 0.835. The van der Waals surface area contributed by atoms with Crippen LogP contribution < -0.4 is 5.73 Å². The summed E-state index contributed by atoms with van der Waals surface area (Å²) in [5, 5.41) is 0.213. The second-order valence-corrected chi connectivity index (χ2v) is 5.19. The number of hydrogen-bond acceptors (Lipinski definition) is 4. The fourth-order valence-corrected chi connectivity index (χ4v) is 2.62. The van der Waals surface area contributed by atoms with Crippen molar-refractivity contribution in [3.05, 3.63) is 23.0 Å². The van der Waals surface area contributed by atoms with Crippen molar-refractivity contribution < 1.29 is 4.79 Å². The molecule has 1 aromatic rings. The van der Waals surface area contributed by atoms with Crippen LogP contribution in [0, 0.1) is 0 Å². The summed E-state index contributed by atoms with van der Waals surface area (Å²) in [5.74, 6) is -0.0904. The number of nitrogens with two attached hydrogens (primary N) is 1. The molecule has 1 aliphatic rings. The van der Waals surface area contributed by atoms with Gasteiger partial charge in [-0.15, -0.1) is 0 Å². The van der Waals surface area contributed by atoms with Crippen LogP contribution in [0.3, 0.4) is 0 Å². The first kappa shape index (κ1) is 14.1. The van der Waals surface area contributed by atoms with Gasteiger partial charge in [-0.1, -0.05) is 18.5 Å². The van der Waals surface area contributed by atoms with Crippen molar-refractivity contribution in [1.29, 1.82) is 0 Å². The van der Waals surface area contributed by atoms with Gasteiger partial charge in [0.2, 0.25) is 0 Å². The van der Waals surface area contributed by atoms with E-state index < -0.39 is 0 Å². The number of hydrogen-bond donors (Lipinski definition) is 1. The van der Waals surface area contributed by atoms with Crippen LogP contribution in [0.2, 0.25) is 5.15 Å². The molecule has 0 radical (unpaired) electrons. The lowest BCUT2D eigenvalue weighted by Crippen LogP contribution is -2.53. The molecule has 0 spiro atoms. The molecule has 6 heteroatoms. The highest BCUT2D eigenvalue weighted by atomic mass is 35.5. The summed E-state index contributed by atoms with van der Waals surface area (Å²) in [6.45, 7) is 7.56. The monoisotopic (exact) mass is 282 g/mol. The van der Waals surface area contributed by atoms with Crippen LogP contribution in [-0.4, -0.2) is 52.9 Å². The average Bonchev–Trinajstić information content (AvgIpc) is 2.40. The van der Waals surface area contributed by atoms with E-state index in [9.17, 15) is 4.79 Å². The summed E-state index contributed by atoms with van der Waals surface area (Å²) in [5.41, 5.74) is 6.51. The lowest BCUT2D eigenvalue weighted by molar-refractivity contribution is 0.0528. The summed E-state index contributed by atoms with van der Waals surface area (Å²) >= 11 is 5.98. The molecule has 2 rings (SSSR count). The van der Waals surface area contributed by atoms with E-state index in [4.69, 9.17) is 17.3 Å². The van der Waals surface area contributed by atoms with Gasteiger partial charge in [0.05, 0.1) is 17.4 Å². The van der Waals surface area contributed by atoms with Gasteiger partial charge in [0, 0.05) is 25.7 Å².